The van der Waals surface area contributed by atoms with Crippen LogP contribution in [-0.4, -0.2) is 28.3 Å². The maximum atomic E-state index is 12.5. The molecule has 1 heterocycles. The van der Waals surface area contributed by atoms with E-state index in [-0.39, 0.29) is 25.2 Å². The van der Waals surface area contributed by atoms with Gasteiger partial charge in [-0.05, 0) is 23.3 Å². The number of phenolic OH excluding ortho intramolecular Hbond substituents is 2. The molecule has 3 aromatic rings. The molecule has 0 aliphatic carbocycles. The van der Waals surface area contributed by atoms with Crippen molar-refractivity contribution in [2.45, 2.75) is 12.5 Å². The monoisotopic (exact) mass is 415 g/mol. The second-order valence-electron chi connectivity index (χ2n) is 6.17. The number of benzene rings is 2. The first kappa shape index (κ1) is 20.0. The molecule has 1 atom stereocenters. The first-order valence-electron chi connectivity index (χ1n) is 8.47. The number of nitrogens with zero attached hydrogens (tertiary/aromatic N) is 1. The number of ether oxygens (including phenoxy) is 1. The van der Waals surface area contributed by atoms with Gasteiger partial charge in [0, 0.05) is 18.8 Å². The Balaban J connectivity index is 1.87. The molecule has 0 fully saturated rings. The lowest BCUT2D eigenvalue weighted by Crippen LogP contribution is -2.26. The molecule has 142 valence electrons. The third-order valence-electron chi connectivity index (χ3n) is 4.18. The fourth-order valence-electron chi connectivity index (χ4n) is 2.75. The zero-order valence-corrected chi connectivity index (χ0v) is 16.2. The van der Waals surface area contributed by atoms with Gasteiger partial charge < -0.3 is 14.9 Å². The molecular weight excluding hydrogens is 400 g/mol. The van der Waals surface area contributed by atoms with Crippen LogP contribution in [0.1, 0.15) is 17.2 Å². The average Bonchev–Trinajstić information content (AvgIpc) is 2.67. The zero-order valence-electron chi connectivity index (χ0n) is 14.7. The van der Waals surface area contributed by atoms with E-state index < -0.39 is 12.0 Å². The highest BCUT2D eigenvalue weighted by molar-refractivity contribution is 6.82. The fourth-order valence-corrected chi connectivity index (χ4v) is 3.27. The van der Waals surface area contributed by atoms with Gasteiger partial charge in [-0.2, -0.15) is 0 Å². The molecule has 0 amide bonds. The minimum absolute atomic E-state index is 0.0964. The summed E-state index contributed by atoms with van der Waals surface area (Å²) in [4.78, 5) is 16.4. The van der Waals surface area contributed by atoms with Gasteiger partial charge in [0.05, 0.1) is 10.0 Å². The second kappa shape index (κ2) is 9.00. The van der Waals surface area contributed by atoms with Crippen LogP contribution in [0.15, 0.2) is 60.9 Å². The van der Waals surface area contributed by atoms with Gasteiger partial charge in [0.25, 0.3) is 13.1 Å². The van der Waals surface area contributed by atoms with Crippen LogP contribution in [0, 0.1) is 0 Å². The molecule has 1 unspecified atom stereocenters. The van der Waals surface area contributed by atoms with Crippen molar-refractivity contribution in [2.75, 3.05) is 0 Å². The van der Waals surface area contributed by atoms with Gasteiger partial charge in [0.1, 0.15) is 6.10 Å². The van der Waals surface area contributed by atoms with Gasteiger partial charge in [-0.3, -0.25) is 9.78 Å². The van der Waals surface area contributed by atoms with E-state index in [1.165, 1.54) is 24.5 Å². The zero-order chi connectivity index (χ0) is 20.1. The van der Waals surface area contributed by atoms with Crippen molar-refractivity contribution in [2.24, 2.45) is 0 Å². The highest BCUT2D eigenvalue weighted by Gasteiger charge is 2.22. The minimum atomic E-state index is -0.764. The van der Waals surface area contributed by atoms with Crippen LogP contribution in [0.3, 0.4) is 0 Å². The van der Waals surface area contributed by atoms with Crippen molar-refractivity contribution in [3.05, 3.63) is 82.1 Å². The Morgan fingerprint density at radius 2 is 1.71 bits per heavy atom. The molecule has 0 bridgehead atoms. The Hall–Kier alpha value is -2.70. The van der Waals surface area contributed by atoms with Gasteiger partial charge >= 0.3 is 0 Å². The van der Waals surface area contributed by atoms with E-state index in [2.05, 4.69) is 4.98 Å². The molecule has 0 saturated heterocycles. The summed E-state index contributed by atoms with van der Waals surface area (Å²) in [5.41, 5.74) is 1.89. The number of phenols is 2. The summed E-state index contributed by atoms with van der Waals surface area (Å²) in [7, 11) is 0.0964. The van der Waals surface area contributed by atoms with E-state index in [0.717, 1.165) is 5.46 Å². The summed E-state index contributed by atoms with van der Waals surface area (Å²) in [5, 5.41) is 20.1. The van der Waals surface area contributed by atoms with E-state index in [0.29, 0.717) is 21.2 Å². The van der Waals surface area contributed by atoms with E-state index in [1.807, 2.05) is 30.3 Å². The smallest absolute Gasteiger partial charge is 0.293 e. The lowest BCUT2D eigenvalue weighted by atomic mass is 9.70. The molecule has 8 heteroatoms. The highest BCUT2D eigenvalue weighted by atomic mass is 35.5. The summed E-state index contributed by atoms with van der Waals surface area (Å²) >= 11 is 12.4. The van der Waals surface area contributed by atoms with E-state index in [1.54, 1.807) is 6.07 Å². The average molecular weight is 416 g/mol. The fraction of sp³-hybridized carbons (Fsp3) is 0.100. The summed E-state index contributed by atoms with van der Waals surface area (Å²) < 4.78 is 5.68. The number of hydrogen-bond donors (Lipinski definition) is 2. The molecule has 0 aliphatic heterocycles. The molecule has 0 spiro atoms. The number of rotatable bonds is 6. The van der Waals surface area contributed by atoms with Crippen molar-refractivity contribution in [3.8, 4) is 11.5 Å². The molecule has 2 aromatic carbocycles. The van der Waals surface area contributed by atoms with Crippen molar-refractivity contribution in [1.29, 1.82) is 0 Å². The van der Waals surface area contributed by atoms with E-state index in [9.17, 15) is 15.0 Å². The lowest BCUT2D eigenvalue weighted by Gasteiger charge is -2.20. The van der Waals surface area contributed by atoms with Crippen LogP contribution in [0.25, 0.3) is 0 Å². The number of aromatic nitrogens is 1. The van der Waals surface area contributed by atoms with Crippen molar-refractivity contribution < 1.29 is 19.7 Å². The maximum absolute atomic E-state index is 12.5. The van der Waals surface area contributed by atoms with Crippen LogP contribution >= 0.6 is 23.2 Å². The Kier molecular flexibility index (Phi) is 6.44. The summed E-state index contributed by atoms with van der Waals surface area (Å²) in [6.07, 6.45) is 2.34. The predicted octanol–water partition coefficient (Wildman–Crippen LogP) is 3.98. The van der Waals surface area contributed by atoms with E-state index >= 15 is 0 Å². The van der Waals surface area contributed by atoms with Gasteiger partial charge in [-0.25, -0.2) is 0 Å². The van der Waals surface area contributed by atoms with Crippen LogP contribution in [0.2, 0.25) is 10.0 Å². The van der Waals surface area contributed by atoms with Crippen LogP contribution in [0.5, 0.6) is 11.5 Å². The molecule has 0 radical (unpaired) electrons. The van der Waals surface area contributed by atoms with Gasteiger partial charge in [0.2, 0.25) is 0 Å². The predicted molar refractivity (Wildman–Crippen MR) is 110 cm³/mol. The summed E-state index contributed by atoms with van der Waals surface area (Å²) in [6, 6.07) is 13.5. The molecule has 0 saturated carbocycles. The van der Waals surface area contributed by atoms with E-state index in [4.69, 9.17) is 27.9 Å². The largest absolute Gasteiger partial charge is 0.504 e. The standard InChI is InChI=1S/C20H16BCl2NO4/c22-15-10-24-11-16(23)14(15)9-19(12-6-7-17(25)18(26)8-12)28-20(27)21-13-4-2-1-3-5-13/h1-8,10-11,19,21,25-26H,9H2. The topological polar surface area (TPSA) is 79.7 Å². The summed E-state index contributed by atoms with van der Waals surface area (Å²) in [6.45, 7) is 0. The Bertz CT molecular complexity index is 965. The number of aromatic hydroxyl groups is 2. The molecular formula is C20H16BCl2NO4. The van der Waals surface area contributed by atoms with Crippen LogP contribution < -0.4 is 5.46 Å². The number of pyridine rings is 1. The molecule has 2 N–H and O–H groups in total. The molecule has 28 heavy (non-hydrogen) atoms. The highest BCUT2D eigenvalue weighted by Crippen LogP contribution is 2.34. The maximum Gasteiger partial charge on any atom is 0.293 e. The van der Waals surface area contributed by atoms with Gasteiger partial charge in [-0.1, -0.05) is 65.1 Å². The Labute approximate surface area is 172 Å². The second-order valence-corrected chi connectivity index (χ2v) is 6.99. The van der Waals surface area contributed by atoms with Crippen LogP contribution in [-0.2, 0) is 11.2 Å². The van der Waals surface area contributed by atoms with Crippen LogP contribution in [0.4, 0.5) is 4.79 Å². The quantitative estimate of drug-likeness (QED) is 0.470. The van der Waals surface area contributed by atoms with Gasteiger partial charge in [-0.15, -0.1) is 0 Å². The third kappa shape index (κ3) is 4.97. The van der Waals surface area contributed by atoms with Crippen molar-refractivity contribution in [1.82, 2.24) is 4.98 Å². The van der Waals surface area contributed by atoms with Crippen molar-refractivity contribution in [3.63, 3.8) is 0 Å². The normalized spacial score (nSPS) is 11.6. The third-order valence-corrected chi connectivity index (χ3v) is 4.83. The molecule has 5 nitrogen and oxygen atoms in total. The molecule has 1 aromatic heterocycles. The Morgan fingerprint density at radius 1 is 1.04 bits per heavy atom. The number of carbonyl (C=O) groups excluding carboxylic acids is 1. The first-order chi connectivity index (χ1) is 13.4. The van der Waals surface area contributed by atoms with Gasteiger partial charge in [0.15, 0.2) is 11.5 Å². The number of hydrogen-bond acceptors (Lipinski definition) is 5. The number of carbonyl (C=O) groups is 1. The first-order valence-corrected chi connectivity index (χ1v) is 9.23. The number of halogens is 2. The summed E-state index contributed by atoms with van der Waals surface area (Å²) in [5.74, 6) is -1.02. The molecule has 3 rings (SSSR count). The lowest BCUT2D eigenvalue weighted by molar-refractivity contribution is 0.121. The molecule has 0 aliphatic rings. The minimum Gasteiger partial charge on any atom is -0.504 e. The van der Waals surface area contributed by atoms with Crippen molar-refractivity contribution >= 4 is 41.8 Å². The SMILES string of the molecule is O=C(Bc1ccccc1)OC(Cc1c(Cl)cncc1Cl)c1ccc(O)c(O)c1. The Morgan fingerprint density at radius 3 is 2.36 bits per heavy atom.